The third kappa shape index (κ3) is 3.20. The molecule has 0 spiro atoms. The molecule has 2 aliphatic rings. The van der Waals surface area contributed by atoms with Crippen LogP contribution in [0, 0.1) is 17.8 Å². The number of nitrogens with zero attached hydrogens (tertiary/aromatic N) is 1. The molecule has 1 aromatic carbocycles. The Morgan fingerprint density at radius 2 is 1.84 bits per heavy atom. The Morgan fingerprint density at radius 1 is 1.19 bits per heavy atom. The fraction of sp³-hybridized carbons (Fsp3) is 0.391. The van der Waals surface area contributed by atoms with E-state index < -0.39 is 47.1 Å². The number of rotatable bonds is 6. The fourth-order valence-electron chi connectivity index (χ4n) is 4.96. The number of hydrogen-bond acceptors (Lipinski definition) is 6. The maximum atomic E-state index is 13.7. The van der Waals surface area contributed by atoms with Crippen LogP contribution in [0.25, 0.3) is 0 Å². The molecule has 32 heavy (non-hydrogen) atoms. The molecular weight excluding hydrogens is 452 g/mol. The molecule has 5 atom stereocenters. The van der Waals surface area contributed by atoms with Gasteiger partial charge in [-0.2, -0.15) is 0 Å². The molecule has 3 heterocycles. The first-order valence-corrected chi connectivity index (χ1v) is 11.6. The summed E-state index contributed by atoms with van der Waals surface area (Å²) in [5.74, 6) is -4.64. The van der Waals surface area contributed by atoms with E-state index in [9.17, 15) is 24.3 Å². The molecule has 2 N–H and O–H groups in total. The van der Waals surface area contributed by atoms with Crippen molar-refractivity contribution in [1.82, 2.24) is 5.32 Å². The number of carboxylic acids is 1. The lowest BCUT2D eigenvalue weighted by molar-refractivity contribution is -0.151. The third-order valence-corrected chi connectivity index (χ3v) is 8.09. The number of nitrogens with one attached hydrogen (secondary N) is 1. The van der Waals surface area contributed by atoms with E-state index in [0.717, 1.165) is 4.90 Å². The van der Waals surface area contributed by atoms with Gasteiger partial charge in [-0.15, -0.1) is 11.3 Å². The van der Waals surface area contributed by atoms with Crippen LogP contribution in [0.3, 0.4) is 0 Å². The van der Waals surface area contributed by atoms with E-state index in [1.807, 2.05) is 6.92 Å². The minimum Gasteiger partial charge on any atom is -0.480 e. The van der Waals surface area contributed by atoms with Gasteiger partial charge in [-0.3, -0.25) is 24.5 Å². The molecular formula is C23H23ClN2O5S. The minimum atomic E-state index is -1.60. The first-order valence-electron chi connectivity index (χ1n) is 10.4. The number of carboxylic acid groups (broad SMARTS) is 1. The summed E-state index contributed by atoms with van der Waals surface area (Å²) in [6.45, 7) is 5.08. The first-order chi connectivity index (χ1) is 15.1. The number of carbonyl (C=O) groups excluding carboxylic acids is 3. The number of aliphatic carboxylic acids is 1. The number of hydrogen-bond donors (Lipinski definition) is 2. The van der Waals surface area contributed by atoms with E-state index in [1.165, 1.54) is 18.3 Å². The summed E-state index contributed by atoms with van der Waals surface area (Å²) in [6, 6.07) is 9.01. The Labute approximate surface area is 194 Å². The highest BCUT2D eigenvalue weighted by Gasteiger charge is 2.70. The average molecular weight is 475 g/mol. The summed E-state index contributed by atoms with van der Waals surface area (Å²) >= 11 is 7.38. The van der Waals surface area contributed by atoms with Crippen LogP contribution >= 0.6 is 22.9 Å². The smallest absolute Gasteiger partial charge is 0.325 e. The van der Waals surface area contributed by atoms with Crippen LogP contribution in [-0.2, 0) is 14.4 Å². The van der Waals surface area contributed by atoms with Crippen molar-refractivity contribution in [2.75, 3.05) is 4.90 Å². The molecule has 0 radical (unpaired) electrons. The molecule has 2 fully saturated rings. The van der Waals surface area contributed by atoms with E-state index in [0.29, 0.717) is 26.9 Å². The Hall–Kier alpha value is -2.55. The van der Waals surface area contributed by atoms with Crippen LogP contribution in [0.15, 0.2) is 36.4 Å². The standard InChI is InChI=1S/C23H23ClN2O5S/c1-4-11(2)23(22(30)31)18-17(19(25-23)15-9-10-16(24)32-15)20(28)26(21(18)29)14-7-5-13(6-8-14)12(3)27/h5-11,17-19,25H,4H2,1-3H3,(H,30,31). The third-order valence-electron chi connectivity index (χ3n) is 6.77. The molecule has 1 aromatic heterocycles. The molecule has 2 saturated heterocycles. The molecule has 2 amide bonds. The zero-order valence-corrected chi connectivity index (χ0v) is 19.4. The predicted octanol–water partition coefficient (Wildman–Crippen LogP) is 3.92. The molecule has 0 saturated carbocycles. The summed E-state index contributed by atoms with van der Waals surface area (Å²) in [5.41, 5.74) is -0.812. The molecule has 2 aromatic rings. The zero-order chi connectivity index (χ0) is 23.4. The normalized spacial score (nSPS) is 28.1. The Morgan fingerprint density at radius 3 is 2.34 bits per heavy atom. The number of amides is 2. The minimum absolute atomic E-state index is 0.131. The highest BCUT2D eigenvalue weighted by molar-refractivity contribution is 7.16. The fourth-order valence-corrected chi connectivity index (χ4v) is 6.12. The number of benzene rings is 1. The highest BCUT2D eigenvalue weighted by Crippen LogP contribution is 2.53. The predicted molar refractivity (Wildman–Crippen MR) is 121 cm³/mol. The number of halogens is 1. The van der Waals surface area contributed by atoms with Gasteiger partial charge >= 0.3 is 5.97 Å². The largest absolute Gasteiger partial charge is 0.480 e. The summed E-state index contributed by atoms with van der Waals surface area (Å²) < 4.78 is 0.517. The molecule has 0 aliphatic carbocycles. The lowest BCUT2D eigenvalue weighted by Crippen LogP contribution is -2.59. The van der Waals surface area contributed by atoms with Gasteiger partial charge in [0, 0.05) is 10.4 Å². The summed E-state index contributed by atoms with van der Waals surface area (Å²) in [7, 11) is 0. The zero-order valence-electron chi connectivity index (χ0n) is 17.8. The number of thiophene rings is 1. The first kappa shape index (κ1) is 22.6. The highest BCUT2D eigenvalue weighted by atomic mass is 35.5. The van der Waals surface area contributed by atoms with Gasteiger partial charge in [0.25, 0.3) is 0 Å². The van der Waals surface area contributed by atoms with Gasteiger partial charge in [0.15, 0.2) is 5.78 Å². The quantitative estimate of drug-likeness (QED) is 0.485. The van der Waals surface area contributed by atoms with Gasteiger partial charge in [0.1, 0.15) is 5.54 Å². The van der Waals surface area contributed by atoms with Crippen LogP contribution in [-0.4, -0.2) is 34.2 Å². The van der Waals surface area contributed by atoms with Crippen molar-refractivity contribution in [2.24, 2.45) is 17.8 Å². The van der Waals surface area contributed by atoms with Gasteiger partial charge in [-0.05, 0) is 49.2 Å². The number of anilines is 1. The van der Waals surface area contributed by atoms with Crippen molar-refractivity contribution in [3.8, 4) is 0 Å². The lowest BCUT2D eigenvalue weighted by atomic mass is 9.72. The summed E-state index contributed by atoms with van der Waals surface area (Å²) in [4.78, 5) is 53.3. The Kier molecular flexibility index (Phi) is 5.73. The van der Waals surface area contributed by atoms with Crippen molar-refractivity contribution in [3.05, 3.63) is 51.2 Å². The van der Waals surface area contributed by atoms with Crippen molar-refractivity contribution >= 4 is 52.2 Å². The molecule has 0 bridgehead atoms. The van der Waals surface area contributed by atoms with Gasteiger partial charge in [0.2, 0.25) is 11.8 Å². The van der Waals surface area contributed by atoms with Crippen LogP contribution < -0.4 is 10.2 Å². The van der Waals surface area contributed by atoms with Crippen LogP contribution in [0.5, 0.6) is 0 Å². The maximum Gasteiger partial charge on any atom is 0.325 e. The van der Waals surface area contributed by atoms with Gasteiger partial charge < -0.3 is 5.11 Å². The molecule has 7 nitrogen and oxygen atoms in total. The van der Waals surface area contributed by atoms with Crippen molar-refractivity contribution in [1.29, 1.82) is 0 Å². The summed E-state index contributed by atoms with van der Waals surface area (Å²) in [6.07, 6.45) is 0.509. The molecule has 4 rings (SSSR count). The number of imide groups is 1. The number of Topliss-reactive ketones (excluding diaryl/α,β-unsaturated/α-hetero) is 1. The molecule has 168 valence electrons. The second-order valence-corrected chi connectivity index (χ2v) is 10.1. The van der Waals surface area contributed by atoms with E-state index >= 15 is 0 Å². The van der Waals surface area contributed by atoms with Crippen molar-refractivity contribution in [2.45, 2.75) is 38.8 Å². The topological polar surface area (TPSA) is 104 Å². The molecule has 2 aliphatic heterocycles. The van der Waals surface area contributed by atoms with Crippen LogP contribution in [0.2, 0.25) is 4.34 Å². The van der Waals surface area contributed by atoms with Gasteiger partial charge in [-0.25, -0.2) is 4.90 Å². The Bertz CT molecular complexity index is 1110. The SMILES string of the molecule is CCC(C)C1(C(=O)O)NC(c2ccc(Cl)s2)C2C(=O)N(c3ccc(C(C)=O)cc3)C(=O)C21. The van der Waals surface area contributed by atoms with E-state index in [4.69, 9.17) is 11.6 Å². The number of carbonyl (C=O) groups is 4. The van der Waals surface area contributed by atoms with Crippen molar-refractivity contribution < 1.29 is 24.3 Å². The van der Waals surface area contributed by atoms with Crippen molar-refractivity contribution in [3.63, 3.8) is 0 Å². The van der Waals surface area contributed by atoms with Crippen LogP contribution in [0.1, 0.15) is 48.5 Å². The number of fused-ring (bicyclic) bond motifs is 1. The van der Waals surface area contributed by atoms with E-state index in [2.05, 4.69) is 5.32 Å². The van der Waals surface area contributed by atoms with Crippen LogP contribution in [0.4, 0.5) is 5.69 Å². The monoisotopic (exact) mass is 474 g/mol. The van der Waals surface area contributed by atoms with Gasteiger partial charge in [-0.1, -0.05) is 31.9 Å². The Balaban J connectivity index is 1.85. The lowest BCUT2D eigenvalue weighted by Gasteiger charge is -2.36. The second kappa shape index (κ2) is 8.10. The average Bonchev–Trinajstić information content (AvgIpc) is 3.41. The summed E-state index contributed by atoms with van der Waals surface area (Å²) in [5, 5.41) is 13.5. The molecule has 5 unspecified atom stereocenters. The van der Waals surface area contributed by atoms with Gasteiger partial charge in [0.05, 0.1) is 27.9 Å². The number of ketones is 1. The van der Waals surface area contributed by atoms with E-state index in [1.54, 1.807) is 43.3 Å². The molecule has 9 heteroatoms. The van der Waals surface area contributed by atoms with E-state index in [-0.39, 0.29) is 5.78 Å². The maximum absolute atomic E-state index is 13.7. The second-order valence-electron chi connectivity index (χ2n) is 8.37.